The van der Waals surface area contributed by atoms with Crippen molar-refractivity contribution in [3.63, 3.8) is 0 Å². The molecule has 0 fully saturated rings. The molecule has 6 heteroatoms. The maximum absolute atomic E-state index is 11.4. The first-order valence-electron chi connectivity index (χ1n) is 4.95. The van der Waals surface area contributed by atoms with E-state index in [9.17, 15) is 9.59 Å². The molecule has 1 aromatic carbocycles. The van der Waals surface area contributed by atoms with Gasteiger partial charge in [-0.25, -0.2) is 4.79 Å². The number of amides is 3. The minimum Gasteiger partial charge on any atom is -0.351 e. The summed E-state index contributed by atoms with van der Waals surface area (Å²) in [5.41, 5.74) is 5.93. The molecule has 17 heavy (non-hydrogen) atoms. The van der Waals surface area contributed by atoms with E-state index in [-0.39, 0.29) is 11.2 Å². The van der Waals surface area contributed by atoms with Crippen molar-refractivity contribution in [1.82, 2.24) is 5.32 Å². The van der Waals surface area contributed by atoms with E-state index >= 15 is 0 Å². The molecule has 1 unspecified atom stereocenters. The molecule has 4 nitrogen and oxygen atoms in total. The number of halogens is 1. The molecule has 0 heterocycles. The zero-order valence-electron chi connectivity index (χ0n) is 9.27. The Hall–Kier alpha value is -1.20. The first kappa shape index (κ1) is 13.9. The summed E-state index contributed by atoms with van der Waals surface area (Å²) in [4.78, 5) is 21.9. The number of benzene rings is 1. The maximum Gasteiger partial charge on any atom is 0.318 e. The molecule has 0 aliphatic heterocycles. The number of urea groups is 1. The highest BCUT2D eigenvalue weighted by molar-refractivity contribution is 7.99. The van der Waals surface area contributed by atoms with Crippen LogP contribution in [0.5, 0.6) is 0 Å². The molecular formula is C11H13ClN2O2S. The molecule has 1 atom stereocenters. The Bertz CT molecular complexity index is 408. The lowest BCUT2D eigenvalue weighted by Gasteiger charge is -2.09. The van der Waals surface area contributed by atoms with Crippen molar-refractivity contribution in [3.8, 4) is 0 Å². The van der Waals surface area contributed by atoms with E-state index in [0.29, 0.717) is 10.8 Å². The summed E-state index contributed by atoms with van der Waals surface area (Å²) < 4.78 is 0. The summed E-state index contributed by atoms with van der Waals surface area (Å²) in [6, 6.07) is 6.56. The molecular weight excluding hydrogens is 260 g/mol. The Morgan fingerprint density at radius 2 is 2.00 bits per heavy atom. The quantitative estimate of drug-likeness (QED) is 0.882. The zero-order chi connectivity index (χ0) is 12.8. The fourth-order valence-corrected chi connectivity index (χ4v) is 2.07. The SMILES string of the molecule is CC(SCc1ccc(Cl)cc1)C(=O)NC(N)=O. The van der Waals surface area contributed by atoms with Crippen LogP contribution in [0.25, 0.3) is 0 Å². The van der Waals surface area contributed by atoms with Gasteiger partial charge >= 0.3 is 6.03 Å². The van der Waals surface area contributed by atoms with E-state index in [4.69, 9.17) is 17.3 Å². The Balaban J connectivity index is 2.42. The Labute approximate surface area is 109 Å². The van der Waals surface area contributed by atoms with Gasteiger partial charge in [0.25, 0.3) is 0 Å². The van der Waals surface area contributed by atoms with Gasteiger partial charge < -0.3 is 5.73 Å². The fourth-order valence-electron chi connectivity index (χ4n) is 1.10. The monoisotopic (exact) mass is 272 g/mol. The zero-order valence-corrected chi connectivity index (χ0v) is 10.8. The molecule has 0 aromatic heterocycles. The van der Waals surface area contributed by atoms with E-state index in [1.54, 1.807) is 19.1 Å². The normalized spacial score (nSPS) is 11.9. The van der Waals surface area contributed by atoms with Crippen LogP contribution in [-0.4, -0.2) is 17.2 Å². The van der Waals surface area contributed by atoms with Gasteiger partial charge in [0.2, 0.25) is 5.91 Å². The topological polar surface area (TPSA) is 72.2 Å². The molecule has 0 saturated carbocycles. The molecule has 0 radical (unpaired) electrons. The van der Waals surface area contributed by atoms with Gasteiger partial charge in [-0.15, -0.1) is 11.8 Å². The van der Waals surface area contributed by atoms with Gasteiger partial charge in [-0.2, -0.15) is 0 Å². The molecule has 0 spiro atoms. The lowest BCUT2D eigenvalue weighted by atomic mass is 10.2. The summed E-state index contributed by atoms with van der Waals surface area (Å²) in [5, 5.41) is 2.39. The summed E-state index contributed by atoms with van der Waals surface area (Å²) in [6.45, 7) is 1.72. The summed E-state index contributed by atoms with van der Waals surface area (Å²) in [7, 11) is 0. The van der Waals surface area contributed by atoms with Gasteiger partial charge in [0.05, 0.1) is 5.25 Å². The van der Waals surface area contributed by atoms with Gasteiger partial charge in [-0.05, 0) is 24.6 Å². The molecule has 92 valence electrons. The van der Waals surface area contributed by atoms with Gasteiger partial charge in [-0.1, -0.05) is 23.7 Å². The minimum atomic E-state index is -0.825. The number of rotatable bonds is 4. The Kier molecular flexibility index (Phi) is 5.31. The van der Waals surface area contributed by atoms with E-state index in [2.05, 4.69) is 0 Å². The van der Waals surface area contributed by atoms with Gasteiger partial charge in [0.15, 0.2) is 0 Å². The maximum atomic E-state index is 11.4. The Morgan fingerprint density at radius 1 is 1.41 bits per heavy atom. The van der Waals surface area contributed by atoms with Crippen molar-refractivity contribution in [2.75, 3.05) is 0 Å². The van der Waals surface area contributed by atoms with Crippen molar-refractivity contribution in [2.24, 2.45) is 5.73 Å². The number of hydrogen-bond donors (Lipinski definition) is 2. The number of imide groups is 1. The first-order chi connectivity index (χ1) is 7.99. The molecule has 0 aliphatic rings. The van der Waals surface area contributed by atoms with Crippen molar-refractivity contribution in [3.05, 3.63) is 34.9 Å². The third kappa shape index (κ3) is 5.10. The second-order valence-electron chi connectivity index (χ2n) is 3.43. The van der Waals surface area contributed by atoms with Gasteiger partial charge in [0, 0.05) is 10.8 Å². The number of carbonyl (C=O) groups is 2. The molecule has 0 bridgehead atoms. The highest BCUT2D eigenvalue weighted by Gasteiger charge is 2.14. The van der Waals surface area contributed by atoms with Crippen LogP contribution in [0, 0.1) is 0 Å². The fraction of sp³-hybridized carbons (Fsp3) is 0.273. The van der Waals surface area contributed by atoms with Crippen molar-refractivity contribution >= 4 is 35.3 Å². The van der Waals surface area contributed by atoms with Crippen LogP contribution >= 0.6 is 23.4 Å². The lowest BCUT2D eigenvalue weighted by Crippen LogP contribution is -2.39. The number of nitrogens with one attached hydrogen (secondary N) is 1. The Morgan fingerprint density at radius 3 is 2.53 bits per heavy atom. The second-order valence-corrected chi connectivity index (χ2v) is 5.20. The lowest BCUT2D eigenvalue weighted by molar-refractivity contribution is -0.119. The molecule has 1 aromatic rings. The molecule has 0 aliphatic carbocycles. The predicted octanol–water partition coefficient (Wildman–Crippen LogP) is 2.16. The van der Waals surface area contributed by atoms with E-state index in [1.807, 2.05) is 17.4 Å². The average Bonchev–Trinajstić information content (AvgIpc) is 2.27. The third-order valence-electron chi connectivity index (χ3n) is 2.03. The van der Waals surface area contributed by atoms with Crippen LogP contribution in [0.15, 0.2) is 24.3 Å². The predicted molar refractivity (Wildman–Crippen MR) is 69.9 cm³/mol. The van der Waals surface area contributed by atoms with Crippen LogP contribution in [0.4, 0.5) is 4.79 Å². The third-order valence-corrected chi connectivity index (χ3v) is 3.49. The number of carbonyl (C=O) groups excluding carboxylic acids is 2. The standard InChI is InChI=1S/C11H13ClN2O2S/c1-7(10(15)14-11(13)16)17-6-8-2-4-9(12)5-3-8/h2-5,7H,6H2,1H3,(H3,13,14,15,16). The highest BCUT2D eigenvalue weighted by Crippen LogP contribution is 2.19. The minimum absolute atomic E-state index is 0.335. The summed E-state index contributed by atoms with van der Waals surface area (Å²) >= 11 is 7.18. The van der Waals surface area contributed by atoms with Crippen molar-refractivity contribution in [1.29, 1.82) is 0 Å². The smallest absolute Gasteiger partial charge is 0.318 e. The van der Waals surface area contributed by atoms with Crippen LogP contribution in [0.3, 0.4) is 0 Å². The molecule has 1 rings (SSSR count). The van der Waals surface area contributed by atoms with Crippen LogP contribution in [0.2, 0.25) is 5.02 Å². The number of nitrogens with two attached hydrogens (primary N) is 1. The molecule has 3 N–H and O–H groups in total. The number of primary amides is 1. The van der Waals surface area contributed by atoms with Crippen molar-refractivity contribution < 1.29 is 9.59 Å². The highest BCUT2D eigenvalue weighted by atomic mass is 35.5. The largest absolute Gasteiger partial charge is 0.351 e. The average molecular weight is 273 g/mol. The summed E-state index contributed by atoms with van der Waals surface area (Å²) in [5.74, 6) is 0.293. The van der Waals surface area contributed by atoms with Crippen LogP contribution in [-0.2, 0) is 10.5 Å². The number of hydrogen-bond acceptors (Lipinski definition) is 3. The van der Waals surface area contributed by atoms with E-state index < -0.39 is 6.03 Å². The first-order valence-corrected chi connectivity index (χ1v) is 6.38. The van der Waals surface area contributed by atoms with Gasteiger partial charge in [0.1, 0.15) is 0 Å². The van der Waals surface area contributed by atoms with Crippen molar-refractivity contribution in [2.45, 2.75) is 17.9 Å². The van der Waals surface area contributed by atoms with Crippen LogP contribution in [0.1, 0.15) is 12.5 Å². The van der Waals surface area contributed by atoms with E-state index in [0.717, 1.165) is 5.56 Å². The van der Waals surface area contributed by atoms with Gasteiger partial charge in [-0.3, -0.25) is 10.1 Å². The molecule has 0 saturated heterocycles. The molecule has 3 amide bonds. The van der Waals surface area contributed by atoms with E-state index in [1.165, 1.54) is 11.8 Å². The van der Waals surface area contributed by atoms with Crippen LogP contribution < -0.4 is 11.1 Å². The number of thioether (sulfide) groups is 1. The second kappa shape index (κ2) is 6.51. The summed E-state index contributed by atoms with van der Waals surface area (Å²) in [6.07, 6.45) is 0.